The van der Waals surface area contributed by atoms with Gasteiger partial charge in [-0.05, 0) is 16.3 Å². The summed E-state index contributed by atoms with van der Waals surface area (Å²) in [5.41, 5.74) is 6.83. The fourth-order valence-corrected chi connectivity index (χ4v) is 2.92. The highest BCUT2D eigenvalue weighted by atomic mass is 16.2. The van der Waals surface area contributed by atoms with Gasteiger partial charge >= 0.3 is 0 Å². The van der Waals surface area contributed by atoms with Crippen molar-refractivity contribution >= 4 is 16.7 Å². The predicted molar refractivity (Wildman–Crippen MR) is 85.1 cm³/mol. The summed E-state index contributed by atoms with van der Waals surface area (Å²) in [7, 11) is 0. The molecule has 1 fully saturated rings. The molecule has 0 saturated carbocycles. The number of nitrogens with zero attached hydrogens (tertiary/aromatic N) is 1. The Labute approximate surface area is 124 Å². The van der Waals surface area contributed by atoms with Crippen molar-refractivity contribution in [3.63, 3.8) is 0 Å². The van der Waals surface area contributed by atoms with Crippen LogP contribution >= 0.6 is 0 Å². The van der Waals surface area contributed by atoms with Gasteiger partial charge in [0.2, 0.25) is 5.91 Å². The highest BCUT2D eigenvalue weighted by Crippen LogP contribution is 2.17. The van der Waals surface area contributed by atoms with Crippen molar-refractivity contribution in [1.82, 2.24) is 10.2 Å². The monoisotopic (exact) mass is 283 g/mol. The van der Waals surface area contributed by atoms with E-state index in [1.807, 2.05) is 23.1 Å². The summed E-state index contributed by atoms with van der Waals surface area (Å²) < 4.78 is 0. The minimum Gasteiger partial charge on any atom is -0.336 e. The van der Waals surface area contributed by atoms with E-state index in [1.54, 1.807) is 0 Å². The molecule has 1 unspecified atom stereocenters. The first-order valence-electron chi connectivity index (χ1n) is 7.46. The summed E-state index contributed by atoms with van der Waals surface area (Å²) in [6.07, 6.45) is 0.446. The maximum atomic E-state index is 12.5. The molecule has 2 aromatic rings. The number of nitrogens with one attached hydrogen (secondary N) is 1. The molecule has 1 heterocycles. The summed E-state index contributed by atoms with van der Waals surface area (Å²) >= 11 is 0. The number of carbonyl (C=O) groups is 1. The van der Waals surface area contributed by atoms with Gasteiger partial charge in [-0.25, -0.2) is 0 Å². The largest absolute Gasteiger partial charge is 0.336 e. The van der Waals surface area contributed by atoms with Crippen LogP contribution in [-0.2, 0) is 11.2 Å². The van der Waals surface area contributed by atoms with E-state index in [2.05, 4.69) is 29.6 Å². The van der Waals surface area contributed by atoms with Crippen LogP contribution in [0, 0.1) is 0 Å². The van der Waals surface area contributed by atoms with Crippen LogP contribution in [0.2, 0.25) is 0 Å². The zero-order valence-corrected chi connectivity index (χ0v) is 12.1. The lowest BCUT2D eigenvalue weighted by Gasteiger charge is -2.35. The molecule has 1 amide bonds. The summed E-state index contributed by atoms with van der Waals surface area (Å²) in [6.45, 7) is 2.89. The number of amides is 1. The van der Waals surface area contributed by atoms with Crippen molar-refractivity contribution in [3.8, 4) is 0 Å². The molecule has 0 bridgehead atoms. The van der Waals surface area contributed by atoms with E-state index >= 15 is 0 Å². The number of hydrogen-bond acceptors (Lipinski definition) is 3. The van der Waals surface area contributed by atoms with Crippen LogP contribution in [0.4, 0.5) is 0 Å². The van der Waals surface area contributed by atoms with Crippen LogP contribution in [0.15, 0.2) is 42.5 Å². The molecular formula is C17H21N3O. The van der Waals surface area contributed by atoms with Gasteiger partial charge in [-0.15, -0.1) is 0 Å². The molecule has 1 aliphatic rings. The van der Waals surface area contributed by atoms with Gasteiger partial charge in [0.1, 0.15) is 0 Å². The van der Waals surface area contributed by atoms with Crippen molar-refractivity contribution in [3.05, 3.63) is 48.0 Å². The molecule has 1 aliphatic heterocycles. The van der Waals surface area contributed by atoms with E-state index in [4.69, 9.17) is 5.73 Å². The fourth-order valence-electron chi connectivity index (χ4n) is 2.92. The molecule has 0 spiro atoms. The van der Waals surface area contributed by atoms with Crippen molar-refractivity contribution in [2.24, 2.45) is 5.73 Å². The van der Waals surface area contributed by atoms with Gasteiger partial charge in [-0.2, -0.15) is 0 Å². The molecule has 1 saturated heterocycles. The summed E-state index contributed by atoms with van der Waals surface area (Å²) in [6, 6.07) is 14.6. The van der Waals surface area contributed by atoms with Gasteiger partial charge in [0.05, 0.1) is 12.5 Å². The van der Waals surface area contributed by atoms with Gasteiger partial charge in [-0.1, -0.05) is 42.5 Å². The number of benzene rings is 2. The summed E-state index contributed by atoms with van der Waals surface area (Å²) in [5, 5.41) is 5.67. The van der Waals surface area contributed by atoms with Crippen molar-refractivity contribution in [2.45, 2.75) is 12.5 Å². The minimum absolute atomic E-state index is 0.117. The predicted octanol–water partition coefficient (Wildman–Crippen LogP) is 1.14. The lowest BCUT2D eigenvalue weighted by molar-refractivity contribution is -0.133. The third kappa shape index (κ3) is 3.06. The standard InChI is InChI=1S/C17H21N3O/c18-11-16-12-19-7-8-20(16)17(21)10-13-5-6-14-3-1-2-4-15(14)9-13/h1-6,9,16,19H,7-8,10-12,18H2. The molecule has 110 valence electrons. The average molecular weight is 283 g/mol. The molecule has 21 heavy (non-hydrogen) atoms. The normalized spacial score (nSPS) is 18.9. The second kappa shape index (κ2) is 6.24. The molecule has 3 rings (SSSR count). The Bertz CT molecular complexity index is 641. The average Bonchev–Trinajstić information content (AvgIpc) is 2.54. The molecule has 2 aromatic carbocycles. The molecule has 4 heteroatoms. The highest BCUT2D eigenvalue weighted by Gasteiger charge is 2.25. The number of carbonyl (C=O) groups excluding carboxylic acids is 1. The van der Waals surface area contributed by atoms with Crippen molar-refractivity contribution in [1.29, 1.82) is 0 Å². The van der Waals surface area contributed by atoms with Crippen molar-refractivity contribution in [2.75, 3.05) is 26.2 Å². The SMILES string of the molecule is NCC1CNCCN1C(=O)Cc1ccc2ccccc2c1. The number of fused-ring (bicyclic) bond motifs is 1. The Kier molecular flexibility index (Phi) is 4.18. The number of nitrogens with two attached hydrogens (primary N) is 1. The Hall–Kier alpha value is -1.91. The third-order valence-electron chi connectivity index (χ3n) is 4.11. The smallest absolute Gasteiger partial charge is 0.227 e. The van der Waals surface area contributed by atoms with Gasteiger partial charge in [0.25, 0.3) is 0 Å². The minimum atomic E-state index is 0.117. The lowest BCUT2D eigenvalue weighted by atomic mass is 10.0. The van der Waals surface area contributed by atoms with Gasteiger partial charge in [0.15, 0.2) is 0 Å². The van der Waals surface area contributed by atoms with Crippen LogP contribution < -0.4 is 11.1 Å². The van der Waals surface area contributed by atoms with E-state index in [1.165, 1.54) is 10.8 Å². The van der Waals surface area contributed by atoms with Gasteiger partial charge in [0, 0.05) is 26.2 Å². The highest BCUT2D eigenvalue weighted by molar-refractivity contribution is 5.85. The Morgan fingerprint density at radius 2 is 2.05 bits per heavy atom. The molecule has 4 nitrogen and oxygen atoms in total. The van der Waals surface area contributed by atoms with E-state index < -0.39 is 0 Å². The number of rotatable bonds is 3. The van der Waals surface area contributed by atoms with Crippen LogP contribution in [-0.4, -0.2) is 43.0 Å². The second-order valence-corrected chi connectivity index (χ2v) is 5.54. The van der Waals surface area contributed by atoms with Gasteiger partial charge in [-0.3, -0.25) is 4.79 Å². The molecule has 0 aliphatic carbocycles. The maximum absolute atomic E-state index is 12.5. The van der Waals surface area contributed by atoms with Crippen LogP contribution in [0.1, 0.15) is 5.56 Å². The second-order valence-electron chi connectivity index (χ2n) is 5.54. The maximum Gasteiger partial charge on any atom is 0.227 e. The lowest BCUT2D eigenvalue weighted by Crippen LogP contribution is -2.56. The third-order valence-corrected chi connectivity index (χ3v) is 4.11. The quantitative estimate of drug-likeness (QED) is 0.888. The molecule has 1 atom stereocenters. The van der Waals surface area contributed by atoms with E-state index in [0.29, 0.717) is 13.0 Å². The van der Waals surface area contributed by atoms with Crippen LogP contribution in [0.25, 0.3) is 10.8 Å². The Morgan fingerprint density at radius 1 is 1.24 bits per heavy atom. The fraction of sp³-hybridized carbons (Fsp3) is 0.353. The van der Waals surface area contributed by atoms with E-state index in [0.717, 1.165) is 25.2 Å². The van der Waals surface area contributed by atoms with Crippen LogP contribution in [0.5, 0.6) is 0 Å². The topological polar surface area (TPSA) is 58.4 Å². The molecular weight excluding hydrogens is 262 g/mol. The first kappa shape index (κ1) is 14.0. The van der Waals surface area contributed by atoms with Crippen molar-refractivity contribution < 1.29 is 4.79 Å². The van der Waals surface area contributed by atoms with Gasteiger partial charge < -0.3 is 16.0 Å². The summed E-state index contributed by atoms with van der Waals surface area (Å²) in [5.74, 6) is 0.169. The van der Waals surface area contributed by atoms with Crippen LogP contribution in [0.3, 0.4) is 0 Å². The summed E-state index contributed by atoms with van der Waals surface area (Å²) in [4.78, 5) is 14.4. The molecule has 3 N–H and O–H groups in total. The van der Waals surface area contributed by atoms with E-state index in [-0.39, 0.29) is 11.9 Å². The Balaban J connectivity index is 1.76. The molecule has 0 radical (unpaired) electrons. The number of hydrogen-bond donors (Lipinski definition) is 2. The van der Waals surface area contributed by atoms with E-state index in [9.17, 15) is 4.79 Å². The Morgan fingerprint density at radius 3 is 2.86 bits per heavy atom. The zero-order chi connectivity index (χ0) is 14.7. The zero-order valence-electron chi connectivity index (χ0n) is 12.1. The number of piperazine rings is 1. The first-order valence-corrected chi connectivity index (χ1v) is 7.46. The molecule has 0 aromatic heterocycles. The first-order chi connectivity index (χ1) is 10.3.